The van der Waals surface area contributed by atoms with Gasteiger partial charge in [0.05, 0.1) is 22.3 Å². The van der Waals surface area contributed by atoms with Gasteiger partial charge in [-0.3, -0.25) is 4.79 Å². The van der Waals surface area contributed by atoms with Gasteiger partial charge < -0.3 is 26.8 Å². The summed E-state index contributed by atoms with van der Waals surface area (Å²) in [6.07, 6.45) is 1.89. The minimum atomic E-state index is -0.490. The van der Waals surface area contributed by atoms with Crippen LogP contribution in [-0.2, 0) is 0 Å². The summed E-state index contributed by atoms with van der Waals surface area (Å²) in [5.41, 5.74) is 24.3. The molecule has 0 aliphatic rings. The van der Waals surface area contributed by atoms with E-state index in [0.717, 1.165) is 33.2 Å². The molecule has 0 bridgehead atoms. The highest BCUT2D eigenvalue weighted by Gasteiger charge is 2.18. The second-order valence-corrected chi connectivity index (χ2v) is 6.31. The zero-order valence-corrected chi connectivity index (χ0v) is 14.1. The largest absolute Gasteiger partial charge is 0.398 e. The van der Waals surface area contributed by atoms with Crippen molar-refractivity contribution in [1.82, 2.24) is 9.55 Å². The molecule has 2 aromatic carbocycles. The van der Waals surface area contributed by atoms with Crippen LogP contribution in [0.5, 0.6) is 0 Å². The van der Waals surface area contributed by atoms with Crippen molar-refractivity contribution in [2.75, 3.05) is 11.5 Å². The summed E-state index contributed by atoms with van der Waals surface area (Å²) in [7, 11) is 0. The standard InChI is InChI=1S/C19H19N5O/c1-9-10(2)23-17-15(6-5-14(21)16(9)17)24-8-7-11-13(20)4-3-12(18(11)24)19(22)25/h3-8,23H,20-21H2,1-2H3,(H2,22,25). The Balaban J connectivity index is 2.15. The van der Waals surface area contributed by atoms with Gasteiger partial charge in [0.25, 0.3) is 5.91 Å². The van der Waals surface area contributed by atoms with Gasteiger partial charge in [-0.25, -0.2) is 0 Å². The number of nitrogens with two attached hydrogens (primary N) is 3. The van der Waals surface area contributed by atoms with Gasteiger partial charge in [0.15, 0.2) is 0 Å². The summed E-state index contributed by atoms with van der Waals surface area (Å²) >= 11 is 0. The van der Waals surface area contributed by atoms with Crippen LogP contribution in [0.2, 0.25) is 0 Å². The Bertz CT molecular complexity index is 1170. The van der Waals surface area contributed by atoms with E-state index in [1.165, 1.54) is 0 Å². The molecular formula is C19H19N5O. The lowest BCUT2D eigenvalue weighted by molar-refractivity contribution is 0.100. The van der Waals surface area contributed by atoms with Gasteiger partial charge in [-0.1, -0.05) is 0 Å². The Morgan fingerprint density at radius 3 is 2.48 bits per heavy atom. The summed E-state index contributed by atoms with van der Waals surface area (Å²) in [5.74, 6) is -0.490. The lowest BCUT2D eigenvalue weighted by atomic mass is 10.1. The van der Waals surface area contributed by atoms with Crippen LogP contribution in [0.15, 0.2) is 36.5 Å². The average Bonchev–Trinajstić information content (AvgIpc) is 3.12. The van der Waals surface area contributed by atoms with Crippen LogP contribution in [0.4, 0.5) is 11.4 Å². The van der Waals surface area contributed by atoms with E-state index < -0.39 is 5.91 Å². The molecule has 7 N–H and O–H groups in total. The molecule has 6 heteroatoms. The summed E-state index contributed by atoms with van der Waals surface area (Å²) in [6.45, 7) is 4.05. The first-order valence-corrected chi connectivity index (χ1v) is 7.97. The van der Waals surface area contributed by atoms with Gasteiger partial charge in [-0.2, -0.15) is 0 Å². The maximum Gasteiger partial charge on any atom is 0.250 e. The van der Waals surface area contributed by atoms with E-state index in [9.17, 15) is 4.79 Å². The minimum Gasteiger partial charge on any atom is -0.398 e. The topological polar surface area (TPSA) is 116 Å². The molecule has 4 rings (SSSR count). The number of aromatic nitrogens is 2. The zero-order chi connectivity index (χ0) is 17.9. The summed E-state index contributed by atoms with van der Waals surface area (Å²) in [5, 5.41) is 1.78. The van der Waals surface area contributed by atoms with Gasteiger partial charge >= 0.3 is 0 Å². The van der Waals surface area contributed by atoms with E-state index in [0.29, 0.717) is 22.5 Å². The molecule has 0 atom stereocenters. The summed E-state index contributed by atoms with van der Waals surface area (Å²) in [4.78, 5) is 15.3. The van der Waals surface area contributed by atoms with E-state index >= 15 is 0 Å². The Morgan fingerprint density at radius 1 is 1.04 bits per heavy atom. The van der Waals surface area contributed by atoms with E-state index in [2.05, 4.69) is 4.98 Å². The number of carbonyl (C=O) groups is 1. The molecule has 0 aliphatic heterocycles. The molecule has 0 saturated carbocycles. The van der Waals surface area contributed by atoms with Crippen LogP contribution >= 0.6 is 0 Å². The first kappa shape index (κ1) is 15.1. The number of carbonyl (C=O) groups excluding carboxylic acids is 1. The average molecular weight is 333 g/mol. The van der Waals surface area contributed by atoms with Crippen LogP contribution < -0.4 is 17.2 Å². The maximum atomic E-state index is 11.9. The van der Waals surface area contributed by atoms with Crippen LogP contribution in [-0.4, -0.2) is 15.5 Å². The third-order valence-corrected chi connectivity index (χ3v) is 4.87. The number of H-pyrrole nitrogens is 1. The maximum absolute atomic E-state index is 11.9. The molecule has 4 aromatic rings. The lowest BCUT2D eigenvalue weighted by Crippen LogP contribution is -2.13. The number of rotatable bonds is 2. The van der Waals surface area contributed by atoms with Crippen molar-refractivity contribution in [3.05, 3.63) is 53.3 Å². The number of fused-ring (bicyclic) bond motifs is 2. The normalized spacial score (nSPS) is 11.4. The molecule has 1 amide bonds. The number of nitrogens with zero attached hydrogens (tertiary/aromatic N) is 1. The van der Waals surface area contributed by atoms with E-state index in [1.54, 1.807) is 12.1 Å². The molecule has 0 unspecified atom stereocenters. The SMILES string of the molecule is Cc1[nH]c2c(-n3ccc4c(N)ccc(C(N)=O)c43)ccc(N)c2c1C. The highest BCUT2D eigenvalue weighted by Crippen LogP contribution is 2.35. The molecule has 0 fully saturated rings. The molecular weight excluding hydrogens is 314 g/mol. The van der Waals surface area contributed by atoms with E-state index in [1.807, 2.05) is 42.8 Å². The number of benzene rings is 2. The molecule has 0 aliphatic carbocycles. The predicted molar refractivity (Wildman–Crippen MR) is 102 cm³/mol. The predicted octanol–water partition coefficient (Wildman–Crippen LogP) is 2.99. The van der Waals surface area contributed by atoms with Crippen LogP contribution in [0.3, 0.4) is 0 Å². The molecule has 6 nitrogen and oxygen atoms in total. The number of aromatic amines is 1. The number of aryl methyl sites for hydroxylation is 2. The van der Waals surface area contributed by atoms with Gasteiger partial charge in [0, 0.05) is 34.0 Å². The van der Waals surface area contributed by atoms with Crippen LogP contribution in [0, 0.1) is 13.8 Å². The third kappa shape index (κ3) is 2.00. The molecule has 25 heavy (non-hydrogen) atoms. The molecule has 0 spiro atoms. The monoisotopic (exact) mass is 333 g/mol. The van der Waals surface area contributed by atoms with Gasteiger partial charge in [0.2, 0.25) is 0 Å². The molecule has 0 radical (unpaired) electrons. The van der Waals surface area contributed by atoms with Crippen molar-refractivity contribution in [2.24, 2.45) is 5.73 Å². The van der Waals surface area contributed by atoms with Crippen molar-refractivity contribution in [1.29, 1.82) is 0 Å². The fourth-order valence-electron chi connectivity index (χ4n) is 3.49. The first-order valence-electron chi connectivity index (χ1n) is 7.97. The first-order chi connectivity index (χ1) is 11.9. The van der Waals surface area contributed by atoms with Gasteiger partial charge in [-0.05, 0) is 49.7 Å². The van der Waals surface area contributed by atoms with Gasteiger partial charge in [-0.15, -0.1) is 0 Å². The number of nitrogens with one attached hydrogen (secondary N) is 1. The molecule has 2 heterocycles. The molecule has 2 aromatic heterocycles. The summed E-state index contributed by atoms with van der Waals surface area (Å²) in [6, 6.07) is 9.06. The van der Waals surface area contributed by atoms with Crippen molar-refractivity contribution in [3.8, 4) is 5.69 Å². The number of amides is 1. The summed E-state index contributed by atoms with van der Waals surface area (Å²) < 4.78 is 1.93. The highest BCUT2D eigenvalue weighted by atomic mass is 16.1. The quantitative estimate of drug-likeness (QED) is 0.422. The fraction of sp³-hybridized carbons (Fsp3) is 0.105. The second kappa shape index (κ2) is 5.04. The van der Waals surface area contributed by atoms with Crippen LogP contribution in [0.25, 0.3) is 27.5 Å². The number of nitrogen functional groups attached to an aromatic ring is 2. The van der Waals surface area contributed by atoms with Crippen molar-refractivity contribution in [3.63, 3.8) is 0 Å². The fourth-order valence-corrected chi connectivity index (χ4v) is 3.49. The minimum absolute atomic E-state index is 0.430. The van der Waals surface area contributed by atoms with Crippen LogP contribution in [0.1, 0.15) is 21.6 Å². The Labute approximate surface area is 144 Å². The third-order valence-electron chi connectivity index (χ3n) is 4.87. The van der Waals surface area contributed by atoms with E-state index in [4.69, 9.17) is 17.2 Å². The zero-order valence-electron chi connectivity index (χ0n) is 14.1. The lowest BCUT2D eigenvalue weighted by Gasteiger charge is -2.11. The van der Waals surface area contributed by atoms with Gasteiger partial charge in [0.1, 0.15) is 0 Å². The van der Waals surface area contributed by atoms with Crippen molar-refractivity contribution >= 4 is 39.1 Å². The number of hydrogen-bond acceptors (Lipinski definition) is 3. The molecule has 126 valence electrons. The number of primary amides is 1. The molecule has 0 saturated heterocycles. The Hall–Kier alpha value is -3.41. The highest BCUT2D eigenvalue weighted by molar-refractivity contribution is 6.10. The number of anilines is 2. The van der Waals surface area contributed by atoms with Crippen molar-refractivity contribution < 1.29 is 4.79 Å². The smallest absolute Gasteiger partial charge is 0.250 e. The Kier molecular flexibility index (Phi) is 3.05. The number of hydrogen-bond donors (Lipinski definition) is 4. The van der Waals surface area contributed by atoms with E-state index in [-0.39, 0.29) is 0 Å². The second-order valence-electron chi connectivity index (χ2n) is 6.31. The Morgan fingerprint density at radius 2 is 1.76 bits per heavy atom. The van der Waals surface area contributed by atoms with Crippen molar-refractivity contribution in [2.45, 2.75) is 13.8 Å².